The van der Waals surface area contributed by atoms with Crippen LogP contribution in [0.2, 0.25) is 0 Å². The Morgan fingerprint density at radius 1 is 1.30 bits per heavy atom. The number of rotatable bonds is 3. The number of nitrogens with one attached hydrogen (secondary N) is 1. The molecule has 2 aliphatic carbocycles. The van der Waals surface area contributed by atoms with Crippen molar-refractivity contribution in [1.82, 2.24) is 5.32 Å². The van der Waals surface area contributed by atoms with E-state index in [1.165, 1.54) is 25.3 Å². The lowest BCUT2D eigenvalue weighted by Crippen LogP contribution is -2.50. The van der Waals surface area contributed by atoms with Gasteiger partial charge in [-0.25, -0.2) is 4.39 Å². The largest absolute Gasteiger partial charge is 0.306 e. The minimum absolute atomic E-state index is 0.144. The Morgan fingerprint density at radius 2 is 2.05 bits per heavy atom. The van der Waals surface area contributed by atoms with Gasteiger partial charge in [0.2, 0.25) is 0 Å². The van der Waals surface area contributed by atoms with Gasteiger partial charge in [0.15, 0.2) is 0 Å². The van der Waals surface area contributed by atoms with Gasteiger partial charge in [0.25, 0.3) is 0 Å². The molecule has 0 heterocycles. The molecule has 2 heteroatoms. The van der Waals surface area contributed by atoms with Crippen molar-refractivity contribution in [2.45, 2.75) is 59.0 Å². The summed E-state index contributed by atoms with van der Waals surface area (Å²) < 4.78 is 13.4. The van der Waals surface area contributed by atoms with E-state index in [1.807, 2.05) is 6.07 Å². The molecule has 2 saturated carbocycles. The summed E-state index contributed by atoms with van der Waals surface area (Å²) in [5, 5.41) is 3.82. The number of fused-ring (bicyclic) bond motifs is 2. The van der Waals surface area contributed by atoms with Crippen molar-refractivity contribution < 1.29 is 4.39 Å². The molecule has 1 N–H and O–H groups in total. The molecule has 0 saturated heterocycles. The quantitative estimate of drug-likeness (QED) is 0.843. The molecule has 0 spiro atoms. The maximum atomic E-state index is 13.4. The lowest BCUT2D eigenvalue weighted by Gasteiger charge is -2.44. The summed E-state index contributed by atoms with van der Waals surface area (Å²) in [6.45, 7) is 9.38. The molecule has 0 aliphatic heterocycles. The highest BCUT2D eigenvalue weighted by atomic mass is 19.1. The smallest absolute Gasteiger partial charge is 0.123 e. The van der Waals surface area contributed by atoms with Crippen LogP contribution in [0.5, 0.6) is 0 Å². The summed E-state index contributed by atoms with van der Waals surface area (Å²) in [7, 11) is 0. The van der Waals surface area contributed by atoms with Crippen LogP contribution in [0.4, 0.5) is 4.39 Å². The third-order valence-electron chi connectivity index (χ3n) is 6.04. The fourth-order valence-electron chi connectivity index (χ4n) is 4.84. The molecule has 2 bridgehead atoms. The van der Waals surface area contributed by atoms with E-state index in [2.05, 4.69) is 33.0 Å². The fourth-order valence-corrected chi connectivity index (χ4v) is 4.84. The Balaban J connectivity index is 1.80. The van der Waals surface area contributed by atoms with Crippen LogP contribution in [0, 0.1) is 22.6 Å². The molecule has 0 amide bonds. The monoisotopic (exact) mass is 275 g/mol. The van der Waals surface area contributed by atoms with Gasteiger partial charge in [-0.05, 0) is 60.6 Å². The van der Waals surface area contributed by atoms with Crippen LogP contribution in [-0.4, -0.2) is 6.04 Å². The topological polar surface area (TPSA) is 12.0 Å². The molecule has 20 heavy (non-hydrogen) atoms. The minimum atomic E-state index is -0.144. The molecule has 1 nitrogen and oxygen atoms in total. The van der Waals surface area contributed by atoms with Crippen LogP contribution >= 0.6 is 0 Å². The van der Waals surface area contributed by atoms with E-state index in [4.69, 9.17) is 0 Å². The van der Waals surface area contributed by atoms with Crippen molar-refractivity contribution in [1.29, 1.82) is 0 Å². The zero-order valence-electron chi connectivity index (χ0n) is 13.0. The molecule has 0 radical (unpaired) electrons. The normalized spacial score (nSPS) is 36.2. The van der Waals surface area contributed by atoms with Crippen molar-refractivity contribution >= 4 is 0 Å². The summed E-state index contributed by atoms with van der Waals surface area (Å²) in [6.07, 6.45) is 4.04. The van der Waals surface area contributed by atoms with Gasteiger partial charge in [0.1, 0.15) is 5.82 Å². The first-order valence-electron chi connectivity index (χ1n) is 7.84. The van der Waals surface area contributed by atoms with Gasteiger partial charge in [-0.2, -0.15) is 0 Å². The van der Waals surface area contributed by atoms with Crippen LogP contribution < -0.4 is 5.32 Å². The second kappa shape index (κ2) is 4.56. The Bertz CT molecular complexity index is 505. The molecule has 3 rings (SSSR count). The van der Waals surface area contributed by atoms with E-state index in [0.29, 0.717) is 16.9 Å². The van der Waals surface area contributed by atoms with E-state index in [1.54, 1.807) is 12.1 Å². The number of hydrogen-bond acceptors (Lipinski definition) is 1. The molecule has 1 aromatic carbocycles. The van der Waals surface area contributed by atoms with Gasteiger partial charge < -0.3 is 5.32 Å². The first-order valence-corrected chi connectivity index (χ1v) is 7.84. The Hall–Kier alpha value is -0.890. The molecule has 0 aromatic heterocycles. The average Bonchev–Trinajstić information content (AvgIpc) is 2.85. The van der Waals surface area contributed by atoms with Gasteiger partial charge >= 0.3 is 0 Å². The molecular weight excluding hydrogens is 249 g/mol. The lowest BCUT2D eigenvalue weighted by atomic mass is 9.68. The van der Waals surface area contributed by atoms with Gasteiger partial charge in [-0.15, -0.1) is 0 Å². The Morgan fingerprint density at radius 3 is 2.65 bits per heavy atom. The van der Waals surface area contributed by atoms with Crippen LogP contribution in [0.1, 0.15) is 58.6 Å². The summed E-state index contributed by atoms with van der Waals surface area (Å²) in [5.74, 6) is 0.694. The summed E-state index contributed by atoms with van der Waals surface area (Å²) in [4.78, 5) is 0. The number of hydrogen-bond donors (Lipinski definition) is 1. The third kappa shape index (κ3) is 2.09. The number of halogens is 1. The standard InChI is InChI=1S/C18H26FN/c1-12(13-6-5-7-15(19)10-13)20-16-17(2,3)14-8-9-18(16,4)11-14/h5-7,10,12,14,16,20H,8-9,11H2,1-4H3/t12-,14?,16?,18?/m1/s1. The predicted octanol–water partition coefficient (Wildman–Crippen LogP) is 4.69. The minimum Gasteiger partial charge on any atom is -0.306 e. The highest BCUT2D eigenvalue weighted by Gasteiger charge is 2.59. The molecular formula is C18H26FN. The Labute approximate surface area is 122 Å². The van der Waals surface area contributed by atoms with Crippen LogP contribution in [-0.2, 0) is 0 Å². The van der Waals surface area contributed by atoms with Crippen molar-refractivity contribution in [3.8, 4) is 0 Å². The van der Waals surface area contributed by atoms with Crippen molar-refractivity contribution in [3.05, 3.63) is 35.6 Å². The summed E-state index contributed by atoms with van der Waals surface area (Å²) in [6, 6.07) is 7.71. The third-order valence-corrected chi connectivity index (χ3v) is 6.04. The lowest BCUT2D eigenvalue weighted by molar-refractivity contribution is 0.100. The van der Waals surface area contributed by atoms with Crippen molar-refractivity contribution in [2.75, 3.05) is 0 Å². The fraction of sp³-hybridized carbons (Fsp3) is 0.667. The number of benzene rings is 1. The zero-order valence-corrected chi connectivity index (χ0v) is 13.0. The van der Waals surface area contributed by atoms with Crippen molar-refractivity contribution in [3.63, 3.8) is 0 Å². The van der Waals surface area contributed by atoms with Crippen LogP contribution in [0.25, 0.3) is 0 Å². The Kier molecular flexibility index (Phi) is 3.20. The highest BCUT2D eigenvalue weighted by Crippen LogP contribution is 2.62. The molecule has 2 fully saturated rings. The second-order valence-corrected chi connectivity index (χ2v) is 7.79. The molecule has 2 aliphatic rings. The predicted molar refractivity (Wildman–Crippen MR) is 81.0 cm³/mol. The van der Waals surface area contributed by atoms with Crippen LogP contribution in [0.15, 0.2) is 24.3 Å². The van der Waals surface area contributed by atoms with Gasteiger partial charge in [-0.1, -0.05) is 32.9 Å². The van der Waals surface area contributed by atoms with E-state index in [9.17, 15) is 4.39 Å². The SMILES string of the molecule is C[C@@H](NC1C2(C)CCC(C2)C1(C)C)c1cccc(F)c1. The highest BCUT2D eigenvalue weighted by molar-refractivity contribution is 5.21. The molecule has 4 atom stereocenters. The van der Waals surface area contributed by atoms with E-state index in [-0.39, 0.29) is 11.9 Å². The van der Waals surface area contributed by atoms with Crippen LogP contribution in [0.3, 0.4) is 0 Å². The maximum Gasteiger partial charge on any atom is 0.123 e. The van der Waals surface area contributed by atoms with E-state index >= 15 is 0 Å². The summed E-state index contributed by atoms with van der Waals surface area (Å²) >= 11 is 0. The van der Waals surface area contributed by atoms with Crippen molar-refractivity contribution in [2.24, 2.45) is 16.7 Å². The summed E-state index contributed by atoms with van der Waals surface area (Å²) in [5.41, 5.74) is 1.80. The second-order valence-electron chi connectivity index (χ2n) is 7.79. The first-order chi connectivity index (χ1) is 9.33. The molecule has 110 valence electrons. The maximum absolute atomic E-state index is 13.4. The van der Waals surface area contributed by atoms with Gasteiger partial charge in [0.05, 0.1) is 0 Å². The van der Waals surface area contributed by atoms with Gasteiger partial charge in [-0.3, -0.25) is 0 Å². The first kappa shape index (κ1) is 14.1. The average molecular weight is 275 g/mol. The van der Waals surface area contributed by atoms with E-state index < -0.39 is 0 Å². The van der Waals surface area contributed by atoms with Gasteiger partial charge in [0, 0.05) is 12.1 Å². The molecule has 1 aromatic rings. The zero-order chi connectivity index (χ0) is 14.5. The molecule has 3 unspecified atom stereocenters. The van der Waals surface area contributed by atoms with E-state index in [0.717, 1.165) is 11.5 Å².